The molecular weight excluding hydrogens is 755 g/mol. The molecule has 60 heavy (non-hydrogen) atoms. The summed E-state index contributed by atoms with van der Waals surface area (Å²) in [5.74, 6) is -2.99. The van der Waals surface area contributed by atoms with Crippen LogP contribution in [0.15, 0.2) is 175 Å². The molecule has 8 heteroatoms. The molecule has 0 fully saturated rings. The first-order valence-electron chi connectivity index (χ1n) is 32.0. The average Bonchev–Trinajstić information content (AvgIpc) is 1.59. The zero-order chi connectivity index (χ0) is 64.7. The van der Waals surface area contributed by atoms with Crippen molar-refractivity contribution in [1.82, 2.24) is 28.7 Å². The van der Waals surface area contributed by atoms with Gasteiger partial charge < -0.3 is 4.57 Å². The molecule has 5 heterocycles. The molecule has 0 aliphatic heterocycles. The van der Waals surface area contributed by atoms with Gasteiger partial charge in [-0.1, -0.05) is 109 Å². The maximum absolute atomic E-state index is 10.3. The maximum atomic E-state index is 10.3. The Kier molecular flexibility index (Phi) is 3.23. The topological polar surface area (TPSA) is 77.2 Å². The van der Waals surface area contributed by atoms with Gasteiger partial charge in [0.25, 0.3) is 0 Å². The maximum Gasteiger partial charge on any atom is 0.240 e. The molecular formula is C52H29N7S. The molecule has 13 rings (SSSR count). The minimum absolute atomic E-state index is 0.182. The van der Waals surface area contributed by atoms with E-state index in [9.17, 15) is 25.8 Å². The summed E-state index contributed by atoms with van der Waals surface area (Å²) in [5, 5.41) is 6.42. The molecule has 0 aliphatic rings. The van der Waals surface area contributed by atoms with Crippen LogP contribution in [0.1, 0.15) is 45.3 Å². The Morgan fingerprint density at radius 2 is 0.967 bits per heavy atom. The van der Waals surface area contributed by atoms with Crippen LogP contribution in [0.4, 0.5) is 0 Å². The van der Waals surface area contributed by atoms with Crippen LogP contribution < -0.4 is 0 Å². The van der Waals surface area contributed by atoms with Gasteiger partial charge in [0.05, 0.1) is 90.2 Å². The van der Waals surface area contributed by atoms with Gasteiger partial charge in [0.15, 0.2) is 5.82 Å². The van der Waals surface area contributed by atoms with Gasteiger partial charge in [-0.25, -0.2) is 0 Å². The quantitative estimate of drug-likeness (QED) is 0.177. The minimum atomic E-state index is -1.12. The van der Waals surface area contributed by atoms with E-state index in [1.165, 1.54) is 0 Å². The monoisotopic (exact) mass is 812 g/mol. The van der Waals surface area contributed by atoms with Crippen LogP contribution in [0.2, 0.25) is 0 Å². The van der Waals surface area contributed by atoms with E-state index in [1.807, 2.05) is 0 Å². The van der Waals surface area contributed by atoms with Crippen LogP contribution in [0, 0.1) is 11.3 Å². The number of hydrogen-bond acceptors (Lipinski definition) is 5. The second kappa shape index (κ2) is 12.4. The lowest BCUT2D eigenvalue weighted by Crippen LogP contribution is -2.11. The molecule has 0 N–H and O–H groups in total. The van der Waals surface area contributed by atoms with Gasteiger partial charge in [-0.3, -0.25) is 9.13 Å². The van der Waals surface area contributed by atoms with Crippen molar-refractivity contribution in [2.45, 2.75) is 0 Å². The molecule has 0 atom stereocenters. The standard InChI is InChI=1S/C52H29N7S/c53-30-31-25-27-45-39(29-31)35-16-4-10-22-43(35)59(45)52-55-50(54-51(56-52)58-41-20-8-1-13-32(41)33-14-2-9-21-42(33)58)37-17-5-11-23-44(37)57-40-19-7-3-15-34(40)36-26-28-47-48(49(36)57)38-18-6-12-24-46(38)60-47/h1-29H/i1D,2D,3D,4D,5D,6D,7D,8D,9D,10D,11D,12D,13D,14D,15D,16D,17D,18D,19D,20D,21D,22D,23D,24D,25D,26D,27D,28D,29D. The highest BCUT2D eigenvalue weighted by molar-refractivity contribution is 7.26. The zero-order valence-electron chi connectivity index (χ0n) is 58.5. The summed E-state index contributed by atoms with van der Waals surface area (Å²) < 4.78 is 268. The Morgan fingerprint density at radius 3 is 1.62 bits per heavy atom. The van der Waals surface area contributed by atoms with Crippen LogP contribution in [-0.2, 0) is 0 Å². The van der Waals surface area contributed by atoms with Crippen molar-refractivity contribution in [3.63, 3.8) is 0 Å². The molecule has 0 unspecified atom stereocenters. The van der Waals surface area contributed by atoms with Gasteiger partial charge in [0.2, 0.25) is 11.9 Å². The third-order valence-electron chi connectivity index (χ3n) is 9.90. The number of rotatable bonds is 4. The Hall–Kier alpha value is -8.12. The summed E-state index contributed by atoms with van der Waals surface area (Å²) in [6.45, 7) is 0. The van der Waals surface area contributed by atoms with Crippen molar-refractivity contribution >= 4 is 96.9 Å². The van der Waals surface area contributed by atoms with Crippen molar-refractivity contribution in [2.75, 3.05) is 0 Å². The lowest BCUT2D eigenvalue weighted by atomic mass is 10.1. The SMILES string of the molecule is [2H]c1c([2H])c([2H])c(-n2c3c([2H])c([2H])c([2H])c([2H])c3c3c([2H])c([2H])c4sc5c([2H])c([2H])c([2H])c([2H])c5c4c32)c(-c2nc(-n3c4c([2H])c([2H])c([2H])c([2H])c4c4c([2H])c([2H])c([2H])c([2H])c43)nc(-n3c4c([2H])c([2H])c([2H])c([2H])c4c4c([2H])c(C#N)c([2H])c([2H])c43)n2)c1[2H]. The lowest BCUT2D eigenvalue weighted by molar-refractivity contribution is 0.892. The third kappa shape index (κ3) is 4.55. The van der Waals surface area contributed by atoms with Crippen LogP contribution >= 0.6 is 11.3 Å². The summed E-state index contributed by atoms with van der Waals surface area (Å²) in [4.78, 5) is 14.1. The van der Waals surface area contributed by atoms with E-state index < -0.39 is 275 Å². The molecule has 8 aromatic carbocycles. The largest absolute Gasteiger partial charge is 0.308 e. The van der Waals surface area contributed by atoms with Gasteiger partial charge in [-0.2, -0.15) is 20.2 Å². The zero-order valence-corrected chi connectivity index (χ0v) is 30.4. The molecule has 278 valence electrons. The summed E-state index contributed by atoms with van der Waals surface area (Å²) >= 11 is 0.634. The molecule has 0 spiro atoms. The summed E-state index contributed by atoms with van der Waals surface area (Å²) in [5.41, 5.74) is -6.33. The highest BCUT2D eigenvalue weighted by atomic mass is 32.1. The fourth-order valence-corrected chi connectivity index (χ4v) is 8.49. The number of nitriles is 1. The number of benzene rings is 8. The second-order valence-electron chi connectivity index (χ2n) is 13.0. The summed E-state index contributed by atoms with van der Waals surface area (Å²) in [6.07, 6.45) is 0. The van der Waals surface area contributed by atoms with Crippen molar-refractivity contribution in [3.05, 3.63) is 181 Å². The number of para-hydroxylation sites is 5. The van der Waals surface area contributed by atoms with Crippen molar-refractivity contribution in [3.8, 4) is 35.0 Å². The van der Waals surface area contributed by atoms with E-state index >= 15 is 0 Å². The summed E-state index contributed by atoms with van der Waals surface area (Å²) in [6, 6.07) is -24.0. The predicted octanol–water partition coefficient (Wildman–Crippen LogP) is 13.1. The Morgan fingerprint density at radius 1 is 0.450 bits per heavy atom. The van der Waals surface area contributed by atoms with E-state index in [1.54, 1.807) is 6.07 Å². The number of hydrogen-bond donors (Lipinski definition) is 0. The highest BCUT2D eigenvalue weighted by Gasteiger charge is 2.24. The van der Waals surface area contributed by atoms with Gasteiger partial charge in [-0.15, -0.1) is 11.3 Å². The first-order chi connectivity index (χ1) is 41.8. The Balaban J connectivity index is 1.35. The lowest BCUT2D eigenvalue weighted by Gasteiger charge is -2.16. The molecule has 0 amide bonds. The number of aromatic nitrogens is 6. The number of fused-ring (bicyclic) bond motifs is 13. The molecule has 7 nitrogen and oxygen atoms in total. The normalized spacial score (nSPS) is 18.8. The second-order valence-corrected chi connectivity index (χ2v) is 14.0. The Bertz CT molecular complexity index is 5630. The molecule has 0 aliphatic carbocycles. The van der Waals surface area contributed by atoms with E-state index in [2.05, 4.69) is 4.98 Å². The van der Waals surface area contributed by atoms with Gasteiger partial charge >= 0.3 is 0 Å². The smallest absolute Gasteiger partial charge is 0.240 e. The first-order valence-corrected chi connectivity index (χ1v) is 18.3. The van der Waals surface area contributed by atoms with Crippen molar-refractivity contribution < 1.29 is 39.8 Å². The van der Waals surface area contributed by atoms with E-state index in [0.717, 1.165) is 13.7 Å². The summed E-state index contributed by atoms with van der Waals surface area (Å²) in [7, 11) is 0. The van der Waals surface area contributed by atoms with Gasteiger partial charge in [0.1, 0.15) is 0 Å². The average molecular weight is 813 g/mol. The first kappa shape index (κ1) is 15.6. The van der Waals surface area contributed by atoms with Crippen LogP contribution in [-0.4, -0.2) is 28.7 Å². The van der Waals surface area contributed by atoms with Crippen LogP contribution in [0.3, 0.4) is 0 Å². The number of nitrogens with zero attached hydrogens (tertiary/aromatic N) is 7. The van der Waals surface area contributed by atoms with Crippen LogP contribution in [0.5, 0.6) is 0 Å². The fraction of sp³-hybridized carbons (Fsp3) is 0. The molecule has 13 aromatic rings. The third-order valence-corrected chi connectivity index (χ3v) is 10.9. The van der Waals surface area contributed by atoms with Crippen molar-refractivity contribution in [1.29, 1.82) is 5.26 Å². The molecule has 0 radical (unpaired) electrons. The van der Waals surface area contributed by atoms with Crippen LogP contribution in [0.25, 0.3) is 115 Å². The Labute approximate surface area is 386 Å². The molecule has 0 saturated heterocycles. The predicted molar refractivity (Wildman–Crippen MR) is 246 cm³/mol. The van der Waals surface area contributed by atoms with E-state index in [-0.39, 0.29) is 20.2 Å². The number of thiophene rings is 1. The minimum Gasteiger partial charge on any atom is -0.308 e. The van der Waals surface area contributed by atoms with Gasteiger partial charge in [0, 0.05) is 58.1 Å². The van der Waals surface area contributed by atoms with E-state index in [4.69, 9.17) is 29.2 Å². The van der Waals surface area contributed by atoms with E-state index in [0.29, 0.717) is 11.3 Å². The van der Waals surface area contributed by atoms with Gasteiger partial charge in [-0.05, 0) is 66.5 Å². The van der Waals surface area contributed by atoms with Crippen molar-refractivity contribution in [2.24, 2.45) is 0 Å². The molecule has 5 aromatic heterocycles. The molecule has 0 bridgehead atoms. The molecule has 0 saturated carbocycles. The fourth-order valence-electron chi connectivity index (χ4n) is 7.52. The highest BCUT2D eigenvalue weighted by Crippen LogP contribution is 2.44.